The van der Waals surface area contributed by atoms with Crippen LogP contribution in [0.25, 0.3) is 0 Å². The monoisotopic (exact) mass is 236 g/mol. The molecule has 2 atom stereocenters. The van der Waals surface area contributed by atoms with E-state index < -0.39 is 6.43 Å². The molecule has 96 valence electrons. The Kier molecular flexibility index (Phi) is 6.16. The van der Waals surface area contributed by atoms with E-state index in [9.17, 15) is 8.78 Å². The van der Waals surface area contributed by atoms with Crippen molar-refractivity contribution >= 4 is 0 Å². The Morgan fingerprint density at radius 3 is 2.69 bits per heavy atom. The van der Waals surface area contributed by atoms with Gasteiger partial charge in [-0.2, -0.15) is 0 Å². The Balaban J connectivity index is 2.37. The summed E-state index contributed by atoms with van der Waals surface area (Å²) in [5, 5.41) is 3.36. The van der Waals surface area contributed by atoms with Crippen LogP contribution in [-0.4, -0.2) is 57.3 Å². The summed E-state index contributed by atoms with van der Waals surface area (Å²) in [6, 6.07) is 0.260. The topological polar surface area (TPSA) is 24.5 Å². The maximum atomic E-state index is 12.2. The van der Waals surface area contributed by atoms with Crippen LogP contribution >= 0.6 is 0 Å². The first-order chi connectivity index (χ1) is 7.63. The maximum absolute atomic E-state index is 12.2. The lowest BCUT2D eigenvalue weighted by Gasteiger charge is -2.28. The molecule has 0 radical (unpaired) electrons. The Hall–Kier alpha value is -0.260. The number of nitrogens with zero attached hydrogens (tertiary/aromatic N) is 1. The first-order valence-electron chi connectivity index (χ1n) is 5.91. The molecule has 1 N–H and O–H groups in total. The molecule has 1 rings (SSSR count). The van der Waals surface area contributed by atoms with E-state index in [0.717, 1.165) is 26.2 Å². The molecule has 0 bridgehead atoms. The van der Waals surface area contributed by atoms with Crippen molar-refractivity contribution in [3.8, 4) is 0 Å². The van der Waals surface area contributed by atoms with Gasteiger partial charge < -0.3 is 10.1 Å². The summed E-state index contributed by atoms with van der Waals surface area (Å²) in [6.45, 7) is 4.95. The summed E-state index contributed by atoms with van der Waals surface area (Å²) in [7, 11) is 1.74. The van der Waals surface area contributed by atoms with E-state index in [4.69, 9.17) is 4.74 Å². The summed E-state index contributed by atoms with van der Waals surface area (Å²) in [4.78, 5) is 1.69. The fourth-order valence-corrected chi connectivity index (χ4v) is 2.16. The maximum Gasteiger partial charge on any atom is 0.251 e. The second kappa shape index (κ2) is 7.14. The molecule has 1 fully saturated rings. The molecule has 0 aromatic heterocycles. The highest BCUT2D eigenvalue weighted by Gasteiger charge is 2.26. The summed E-state index contributed by atoms with van der Waals surface area (Å²) in [5.41, 5.74) is 0. The number of alkyl halides is 2. The summed E-state index contributed by atoms with van der Waals surface area (Å²) < 4.78 is 29.8. The average molecular weight is 236 g/mol. The lowest BCUT2D eigenvalue weighted by molar-refractivity contribution is 0.0901. The normalized spacial score (nSPS) is 23.2. The minimum atomic E-state index is -2.26. The minimum Gasteiger partial charge on any atom is -0.381 e. The van der Waals surface area contributed by atoms with Crippen molar-refractivity contribution in [1.29, 1.82) is 0 Å². The van der Waals surface area contributed by atoms with Gasteiger partial charge in [-0.15, -0.1) is 0 Å². The van der Waals surface area contributed by atoms with Crippen LogP contribution in [0.5, 0.6) is 0 Å². The van der Waals surface area contributed by atoms with Crippen molar-refractivity contribution in [2.24, 2.45) is 5.92 Å². The highest BCUT2D eigenvalue weighted by molar-refractivity contribution is 4.81. The van der Waals surface area contributed by atoms with E-state index in [-0.39, 0.29) is 12.6 Å². The van der Waals surface area contributed by atoms with E-state index in [1.54, 1.807) is 11.9 Å². The second-order valence-corrected chi connectivity index (χ2v) is 4.40. The van der Waals surface area contributed by atoms with Crippen molar-refractivity contribution in [2.45, 2.75) is 25.8 Å². The van der Waals surface area contributed by atoms with Gasteiger partial charge in [0, 0.05) is 25.1 Å². The van der Waals surface area contributed by atoms with Crippen LogP contribution in [0.15, 0.2) is 0 Å². The average Bonchev–Trinajstić information content (AvgIpc) is 2.68. The Morgan fingerprint density at radius 1 is 1.44 bits per heavy atom. The van der Waals surface area contributed by atoms with Crippen molar-refractivity contribution in [3.63, 3.8) is 0 Å². The summed E-state index contributed by atoms with van der Waals surface area (Å²) in [5.74, 6) is 0.458. The van der Waals surface area contributed by atoms with Crippen LogP contribution in [0.1, 0.15) is 13.3 Å². The fourth-order valence-electron chi connectivity index (χ4n) is 2.16. The van der Waals surface area contributed by atoms with Crippen LogP contribution in [0.3, 0.4) is 0 Å². The molecular formula is C11H22F2N2O. The third kappa shape index (κ3) is 4.72. The van der Waals surface area contributed by atoms with E-state index in [1.165, 1.54) is 0 Å². The largest absolute Gasteiger partial charge is 0.381 e. The lowest BCUT2D eigenvalue weighted by Crippen LogP contribution is -2.45. The predicted molar refractivity (Wildman–Crippen MR) is 59.9 cm³/mol. The predicted octanol–water partition coefficient (Wildman–Crippen LogP) is 1.20. The highest BCUT2D eigenvalue weighted by atomic mass is 19.3. The van der Waals surface area contributed by atoms with E-state index in [2.05, 4.69) is 5.32 Å². The zero-order valence-electron chi connectivity index (χ0n) is 10.1. The summed E-state index contributed by atoms with van der Waals surface area (Å²) in [6.07, 6.45) is -1.23. The molecule has 0 amide bonds. The van der Waals surface area contributed by atoms with Gasteiger partial charge in [0.05, 0.1) is 13.2 Å². The molecule has 3 nitrogen and oxygen atoms in total. The molecule has 0 spiro atoms. The van der Waals surface area contributed by atoms with Crippen molar-refractivity contribution in [1.82, 2.24) is 10.2 Å². The van der Waals surface area contributed by atoms with Crippen molar-refractivity contribution in [3.05, 3.63) is 0 Å². The fraction of sp³-hybridized carbons (Fsp3) is 1.00. The number of rotatable bonds is 7. The first-order valence-corrected chi connectivity index (χ1v) is 5.91. The van der Waals surface area contributed by atoms with Gasteiger partial charge in [-0.25, -0.2) is 8.78 Å². The molecule has 0 aromatic rings. The van der Waals surface area contributed by atoms with Crippen LogP contribution in [0.4, 0.5) is 8.78 Å². The molecule has 16 heavy (non-hydrogen) atoms. The van der Waals surface area contributed by atoms with Gasteiger partial charge >= 0.3 is 0 Å². The molecule has 0 saturated carbocycles. The van der Waals surface area contributed by atoms with Crippen LogP contribution in [-0.2, 0) is 4.74 Å². The molecule has 0 aromatic carbocycles. The van der Waals surface area contributed by atoms with Crippen LogP contribution in [0.2, 0.25) is 0 Å². The van der Waals surface area contributed by atoms with Gasteiger partial charge in [-0.05, 0) is 20.0 Å². The van der Waals surface area contributed by atoms with E-state index in [0.29, 0.717) is 12.5 Å². The smallest absolute Gasteiger partial charge is 0.251 e. The van der Waals surface area contributed by atoms with E-state index >= 15 is 0 Å². The summed E-state index contributed by atoms with van der Waals surface area (Å²) >= 11 is 0. The number of hydrogen-bond donors (Lipinski definition) is 1. The van der Waals surface area contributed by atoms with Gasteiger partial charge in [0.1, 0.15) is 0 Å². The molecule has 1 saturated heterocycles. The zero-order chi connectivity index (χ0) is 12.0. The third-order valence-corrected chi connectivity index (χ3v) is 2.96. The Labute approximate surface area is 96.1 Å². The van der Waals surface area contributed by atoms with Gasteiger partial charge in [-0.1, -0.05) is 6.92 Å². The molecular weight excluding hydrogens is 214 g/mol. The SMILES string of the molecule is CCNC(CN(C)CC(F)F)C1CCOC1. The quantitative estimate of drug-likeness (QED) is 0.719. The number of nitrogens with one attached hydrogen (secondary N) is 1. The van der Waals surface area contributed by atoms with Crippen molar-refractivity contribution < 1.29 is 13.5 Å². The van der Waals surface area contributed by atoms with Crippen molar-refractivity contribution in [2.75, 3.05) is 39.9 Å². The molecule has 2 unspecified atom stereocenters. The molecule has 0 aliphatic carbocycles. The third-order valence-electron chi connectivity index (χ3n) is 2.96. The van der Waals surface area contributed by atoms with Gasteiger partial charge in [0.2, 0.25) is 0 Å². The number of likely N-dealkylation sites (N-methyl/N-ethyl adjacent to an activating group) is 2. The lowest BCUT2D eigenvalue weighted by atomic mass is 9.98. The standard InChI is InChI=1S/C11H22F2N2O/c1-3-14-10(9-4-5-16-8-9)6-15(2)7-11(12)13/h9-11,14H,3-8H2,1-2H3. The van der Waals surface area contributed by atoms with Crippen LogP contribution in [0, 0.1) is 5.92 Å². The molecule has 1 heterocycles. The second-order valence-electron chi connectivity index (χ2n) is 4.40. The number of halogens is 2. The molecule has 1 aliphatic rings. The Bertz CT molecular complexity index is 187. The van der Waals surface area contributed by atoms with Gasteiger partial charge in [-0.3, -0.25) is 4.90 Å². The number of hydrogen-bond acceptors (Lipinski definition) is 3. The Morgan fingerprint density at radius 2 is 2.19 bits per heavy atom. The van der Waals surface area contributed by atoms with Gasteiger partial charge in [0.15, 0.2) is 0 Å². The minimum absolute atomic E-state index is 0.157. The van der Waals surface area contributed by atoms with Crippen LogP contribution < -0.4 is 5.32 Å². The zero-order valence-corrected chi connectivity index (χ0v) is 10.1. The van der Waals surface area contributed by atoms with Gasteiger partial charge in [0.25, 0.3) is 6.43 Å². The first kappa shape index (κ1) is 13.8. The van der Waals surface area contributed by atoms with E-state index in [1.807, 2.05) is 6.92 Å². The molecule has 5 heteroatoms. The molecule has 1 aliphatic heterocycles. The highest BCUT2D eigenvalue weighted by Crippen LogP contribution is 2.17. The number of ether oxygens (including phenoxy) is 1.